The van der Waals surface area contributed by atoms with Crippen LogP contribution in [0.4, 0.5) is 10.7 Å². The minimum absolute atomic E-state index is 0.0465. The average molecular weight is 325 g/mol. The van der Waals surface area contributed by atoms with Gasteiger partial charge < -0.3 is 4.90 Å². The van der Waals surface area contributed by atoms with Crippen LogP contribution in [0.1, 0.15) is 22.2 Å². The number of nitrogens with zero attached hydrogens (tertiary/aromatic N) is 2. The molecule has 21 heavy (non-hydrogen) atoms. The molecule has 0 fully saturated rings. The standard InChI is InChI=1S/C14H13ClN2O3S/c1-9(18)13-7-12(17(19)20)14(21-13)16(2)8-10-4-3-5-11(15)6-10/h3-7H,8H2,1-2H3. The molecule has 7 heteroatoms. The zero-order chi connectivity index (χ0) is 15.6. The molecule has 0 bridgehead atoms. The number of Topliss-reactive ketones (excluding diaryl/α,β-unsaturated/α-hetero) is 1. The largest absolute Gasteiger partial charge is 0.357 e. The van der Waals surface area contributed by atoms with Crippen LogP contribution in [-0.4, -0.2) is 17.8 Å². The lowest BCUT2D eigenvalue weighted by Crippen LogP contribution is -2.16. The summed E-state index contributed by atoms with van der Waals surface area (Å²) in [6, 6.07) is 8.63. The molecule has 0 aliphatic rings. The molecule has 1 aromatic heterocycles. The fourth-order valence-electron chi connectivity index (χ4n) is 1.93. The van der Waals surface area contributed by atoms with E-state index in [4.69, 9.17) is 11.6 Å². The molecule has 0 unspecified atom stereocenters. The van der Waals surface area contributed by atoms with E-state index in [1.54, 1.807) is 18.0 Å². The van der Waals surface area contributed by atoms with E-state index in [1.165, 1.54) is 13.0 Å². The summed E-state index contributed by atoms with van der Waals surface area (Å²) in [4.78, 5) is 24.2. The monoisotopic (exact) mass is 324 g/mol. The highest BCUT2D eigenvalue weighted by molar-refractivity contribution is 7.18. The summed E-state index contributed by atoms with van der Waals surface area (Å²) >= 11 is 7.06. The second-order valence-electron chi connectivity index (χ2n) is 4.60. The molecule has 0 radical (unpaired) electrons. The van der Waals surface area contributed by atoms with Gasteiger partial charge in [-0.3, -0.25) is 14.9 Å². The number of benzene rings is 1. The maximum absolute atomic E-state index is 11.4. The SMILES string of the molecule is CC(=O)c1cc([N+](=O)[O-])c(N(C)Cc2cccc(Cl)c2)s1. The number of hydrogen-bond acceptors (Lipinski definition) is 5. The summed E-state index contributed by atoms with van der Waals surface area (Å²) in [5.74, 6) is -0.175. The van der Waals surface area contributed by atoms with E-state index in [9.17, 15) is 14.9 Å². The Hall–Kier alpha value is -1.92. The first-order chi connectivity index (χ1) is 9.88. The van der Waals surface area contributed by atoms with Crippen LogP contribution in [0.15, 0.2) is 30.3 Å². The third kappa shape index (κ3) is 3.59. The van der Waals surface area contributed by atoms with E-state index >= 15 is 0 Å². The lowest BCUT2D eigenvalue weighted by atomic mass is 10.2. The van der Waals surface area contributed by atoms with E-state index in [2.05, 4.69) is 0 Å². The Balaban J connectivity index is 2.31. The molecule has 0 saturated heterocycles. The van der Waals surface area contributed by atoms with Gasteiger partial charge in [0.15, 0.2) is 10.8 Å². The Morgan fingerprint density at radius 2 is 2.14 bits per heavy atom. The summed E-state index contributed by atoms with van der Waals surface area (Å²) in [5.41, 5.74) is 0.895. The number of rotatable bonds is 5. The molecule has 1 heterocycles. The summed E-state index contributed by atoms with van der Waals surface area (Å²) in [6.07, 6.45) is 0. The number of ketones is 1. The topological polar surface area (TPSA) is 63.4 Å². The van der Waals surface area contributed by atoms with Gasteiger partial charge in [0.05, 0.1) is 9.80 Å². The van der Waals surface area contributed by atoms with Crippen molar-refractivity contribution in [1.82, 2.24) is 0 Å². The first-order valence-corrected chi connectivity index (χ1v) is 7.32. The van der Waals surface area contributed by atoms with Crippen molar-refractivity contribution in [3.8, 4) is 0 Å². The minimum atomic E-state index is -0.466. The normalized spacial score (nSPS) is 10.4. The average Bonchev–Trinajstić information content (AvgIpc) is 2.84. The molecule has 0 saturated carbocycles. The van der Waals surface area contributed by atoms with Crippen molar-refractivity contribution in [2.45, 2.75) is 13.5 Å². The number of halogens is 1. The van der Waals surface area contributed by atoms with Crippen molar-refractivity contribution >= 4 is 39.4 Å². The summed E-state index contributed by atoms with van der Waals surface area (Å²) in [7, 11) is 1.75. The Labute approximate surface area is 130 Å². The number of hydrogen-bond donors (Lipinski definition) is 0. The van der Waals surface area contributed by atoms with Gasteiger partial charge in [-0.05, 0) is 24.6 Å². The highest BCUT2D eigenvalue weighted by atomic mass is 35.5. The third-order valence-corrected chi connectivity index (χ3v) is 4.47. The predicted molar refractivity (Wildman–Crippen MR) is 84.5 cm³/mol. The van der Waals surface area contributed by atoms with Crippen molar-refractivity contribution in [1.29, 1.82) is 0 Å². The van der Waals surface area contributed by atoms with Crippen LogP contribution in [0, 0.1) is 10.1 Å². The first kappa shape index (κ1) is 15.5. The molecule has 0 aliphatic heterocycles. The first-order valence-electron chi connectivity index (χ1n) is 6.13. The second-order valence-corrected chi connectivity index (χ2v) is 6.07. The van der Waals surface area contributed by atoms with Gasteiger partial charge in [-0.25, -0.2) is 0 Å². The molecular weight excluding hydrogens is 312 g/mol. The highest BCUT2D eigenvalue weighted by Crippen LogP contribution is 2.37. The second kappa shape index (κ2) is 6.24. The predicted octanol–water partition coefficient (Wildman–Crippen LogP) is 4.15. The van der Waals surface area contributed by atoms with E-state index in [-0.39, 0.29) is 11.5 Å². The molecular formula is C14H13ClN2O3S. The van der Waals surface area contributed by atoms with Crippen LogP contribution in [0.3, 0.4) is 0 Å². The number of thiophene rings is 1. The van der Waals surface area contributed by atoms with E-state index < -0.39 is 4.92 Å². The van der Waals surface area contributed by atoms with E-state index in [1.807, 2.05) is 18.2 Å². The maximum Gasteiger partial charge on any atom is 0.304 e. The van der Waals surface area contributed by atoms with Crippen LogP contribution in [-0.2, 0) is 6.54 Å². The van der Waals surface area contributed by atoms with Gasteiger partial charge in [0.1, 0.15) is 0 Å². The molecule has 0 amide bonds. The number of nitro groups is 1. The summed E-state index contributed by atoms with van der Waals surface area (Å²) < 4.78 is 0. The van der Waals surface area contributed by atoms with E-state index in [0.29, 0.717) is 21.4 Å². The minimum Gasteiger partial charge on any atom is -0.357 e. The molecule has 0 spiro atoms. The summed E-state index contributed by atoms with van der Waals surface area (Å²) in [5, 5.41) is 12.2. The van der Waals surface area contributed by atoms with Crippen molar-refractivity contribution in [2.75, 3.05) is 11.9 Å². The Morgan fingerprint density at radius 1 is 1.43 bits per heavy atom. The Bertz CT molecular complexity index is 699. The van der Waals surface area contributed by atoms with Crippen molar-refractivity contribution in [3.05, 3.63) is 55.9 Å². The maximum atomic E-state index is 11.4. The van der Waals surface area contributed by atoms with Gasteiger partial charge in [-0.2, -0.15) is 0 Å². The Morgan fingerprint density at radius 3 is 2.71 bits per heavy atom. The number of anilines is 1. The van der Waals surface area contributed by atoms with Crippen molar-refractivity contribution in [3.63, 3.8) is 0 Å². The van der Waals surface area contributed by atoms with Gasteiger partial charge in [0.2, 0.25) is 0 Å². The third-order valence-electron chi connectivity index (χ3n) is 2.89. The van der Waals surface area contributed by atoms with Gasteiger partial charge in [-0.15, -0.1) is 11.3 Å². The lowest BCUT2D eigenvalue weighted by Gasteiger charge is -2.16. The van der Waals surface area contributed by atoms with Crippen molar-refractivity contribution < 1.29 is 9.72 Å². The number of carbonyl (C=O) groups is 1. The smallest absolute Gasteiger partial charge is 0.304 e. The fraction of sp³-hybridized carbons (Fsp3) is 0.214. The molecule has 110 valence electrons. The molecule has 2 aromatic rings. The van der Waals surface area contributed by atoms with Crippen LogP contribution in [0.2, 0.25) is 5.02 Å². The molecule has 0 atom stereocenters. The lowest BCUT2D eigenvalue weighted by molar-refractivity contribution is -0.383. The molecule has 1 aromatic carbocycles. The van der Waals surface area contributed by atoms with Crippen LogP contribution >= 0.6 is 22.9 Å². The van der Waals surface area contributed by atoms with Gasteiger partial charge >= 0.3 is 5.69 Å². The van der Waals surface area contributed by atoms with E-state index in [0.717, 1.165) is 16.9 Å². The zero-order valence-corrected chi connectivity index (χ0v) is 13.1. The van der Waals surface area contributed by atoms with Gasteiger partial charge in [0, 0.05) is 24.7 Å². The molecule has 0 aliphatic carbocycles. The molecule has 5 nitrogen and oxygen atoms in total. The zero-order valence-electron chi connectivity index (χ0n) is 11.5. The van der Waals surface area contributed by atoms with Gasteiger partial charge in [-0.1, -0.05) is 23.7 Å². The summed E-state index contributed by atoms with van der Waals surface area (Å²) in [6.45, 7) is 1.87. The van der Waals surface area contributed by atoms with Crippen LogP contribution in [0.25, 0.3) is 0 Å². The molecule has 0 N–H and O–H groups in total. The highest BCUT2D eigenvalue weighted by Gasteiger charge is 2.23. The van der Waals surface area contributed by atoms with Crippen molar-refractivity contribution in [2.24, 2.45) is 0 Å². The molecule has 2 rings (SSSR count). The fourth-order valence-corrected chi connectivity index (χ4v) is 3.12. The number of carbonyl (C=O) groups excluding carboxylic acids is 1. The quantitative estimate of drug-likeness (QED) is 0.471. The van der Waals surface area contributed by atoms with Crippen LogP contribution < -0.4 is 4.90 Å². The van der Waals surface area contributed by atoms with Gasteiger partial charge in [0.25, 0.3) is 0 Å². The Kier molecular flexibility index (Phi) is 4.59. The van der Waals surface area contributed by atoms with Crippen LogP contribution in [0.5, 0.6) is 0 Å².